The average molecular weight is 251 g/mol. The number of rotatable bonds is 7. The number of carbonyl (C=O) groups excluding carboxylic acids is 1. The zero-order valence-corrected chi connectivity index (χ0v) is 10.3. The molecule has 0 aliphatic rings. The molecule has 0 fully saturated rings. The summed E-state index contributed by atoms with van der Waals surface area (Å²) in [6.07, 6.45) is 1.89. The van der Waals surface area contributed by atoms with E-state index in [0.29, 0.717) is 13.0 Å². The summed E-state index contributed by atoms with van der Waals surface area (Å²) in [6, 6.07) is 4.88. The number of carbonyl (C=O) groups is 1. The van der Waals surface area contributed by atoms with Crippen LogP contribution < -0.4 is 11.1 Å². The molecule has 18 heavy (non-hydrogen) atoms. The quantitative estimate of drug-likeness (QED) is 0.439. The zero-order chi connectivity index (χ0) is 13.5. The number of hydrogen-bond acceptors (Lipinski definition) is 4. The van der Waals surface area contributed by atoms with E-state index in [1.807, 2.05) is 13.0 Å². The molecule has 0 unspecified atom stereocenters. The number of non-ortho nitro benzene ring substituents is 1. The number of unbranched alkanes of at least 4 members (excludes halogenated alkanes) is 1. The number of nitrogens with zero attached hydrogens (tertiary/aromatic N) is 1. The van der Waals surface area contributed by atoms with Crippen LogP contribution in [-0.2, 0) is 4.79 Å². The van der Waals surface area contributed by atoms with Crippen LogP contribution in [0.15, 0.2) is 18.2 Å². The van der Waals surface area contributed by atoms with E-state index in [1.54, 1.807) is 0 Å². The minimum atomic E-state index is -0.411. The standard InChI is InChI=1S/C12H17N3O3/c1-9-6-10(8-11(7-9)15(17)18)14-5-3-2-4-12(13)16/h6-8,14H,2-5H2,1H3,(H2,13,16). The van der Waals surface area contributed by atoms with Gasteiger partial charge in [0.05, 0.1) is 4.92 Å². The van der Waals surface area contributed by atoms with E-state index in [-0.39, 0.29) is 11.6 Å². The Bertz CT molecular complexity index is 446. The van der Waals surface area contributed by atoms with Gasteiger partial charge in [0.1, 0.15) is 0 Å². The molecule has 0 heterocycles. The van der Waals surface area contributed by atoms with Crippen LogP contribution in [0.1, 0.15) is 24.8 Å². The second-order valence-corrected chi connectivity index (χ2v) is 4.16. The first-order valence-corrected chi connectivity index (χ1v) is 5.77. The van der Waals surface area contributed by atoms with E-state index in [4.69, 9.17) is 5.73 Å². The highest BCUT2D eigenvalue weighted by Gasteiger charge is 2.07. The largest absolute Gasteiger partial charge is 0.385 e. The van der Waals surface area contributed by atoms with Crippen molar-refractivity contribution in [1.29, 1.82) is 0 Å². The highest BCUT2D eigenvalue weighted by atomic mass is 16.6. The minimum Gasteiger partial charge on any atom is -0.385 e. The number of benzene rings is 1. The normalized spacial score (nSPS) is 10.1. The van der Waals surface area contributed by atoms with Crippen LogP contribution in [0.3, 0.4) is 0 Å². The van der Waals surface area contributed by atoms with Crippen molar-refractivity contribution in [3.8, 4) is 0 Å². The SMILES string of the molecule is Cc1cc(NCCCCC(N)=O)cc([N+](=O)[O-])c1. The number of nitro groups is 1. The fraction of sp³-hybridized carbons (Fsp3) is 0.417. The van der Waals surface area contributed by atoms with Gasteiger partial charge in [0, 0.05) is 30.8 Å². The Morgan fingerprint density at radius 1 is 1.39 bits per heavy atom. The molecule has 0 spiro atoms. The van der Waals surface area contributed by atoms with Crippen molar-refractivity contribution in [1.82, 2.24) is 0 Å². The first-order valence-electron chi connectivity index (χ1n) is 5.77. The Kier molecular flexibility index (Phi) is 5.10. The molecule has 1 aromatic rings. The maximum Gasteiger partial charge on any atom is 0.271 e. The van der Waals surface area contributed by atoms with E-state index in [9.17, 15) is 14.9 Å². The Hall–Kier alpha value is -2.11. The fourth-order valence-corrected chi connectivity index (χ4v) is 1.63. The van der Waals surface area contributed by atoms with E-state index in [2.05, 4.69) is 5.32 Å². The van der Waals surface area contributed by atoms with Gasteiger partial charge in [-0.05, 0) is 31.4 Å². The molecule has 0 saturated carbocycles. The number of primary amides is 1. The number of aryl methyl sites for hydroxylation is 1. The van der Waals surface area contributed by atoms with Crippen LogP contribution in [-0.4, -0.2) is 17.4 Å². The van der Waals surface area contributed by atoms with Crippen LogP contribution in [0.2, 0.25) is 0 Å². The third-order valence-electron chi connectivity index (χ3n) is 2.45. The highest BCUT2D eigenvalue weighted by Crippen LogP contribution is 2.20. The van der Waals surface area contributed by atoms with Crippen LogP contribution in [0.5, 0.6) is 0 Å². The van der Waals surface area contributed by atoms with Crippen molar-refractivity contribution in [2.45, 2.75) is 26.2 Å². The second-order valence-electron chi connectivity index (χ2n) is 4.16. The summed E-state index contributed by atoms with van der Waals surface area (Å²) in [7, 11) is 0. The van der Waals surface area contributed by atoms with E-state index in [0.717, 1.165) is 24.1 Å². The zero-order valence-electron chi connectivity index (χ0n) is 10.3. The molecule has 0 atom stereocenters. The minimum absolute atomic E-state index is 0.0784. The van der Waals surface area contributed by atoms with Gasteiger partial charge in [-0.3, -0.25) is 14.9 Å². The second kappa shape index (κ2) is 6.58. The van der Waals surface area contributed by atoms with Crippen LogP contribution in [0.25, 0.3) is 0 Å². The third kappa shape index (κ3) is 4.82. The Balaban J connectivity index is 2.47. The lowest BCUT2D eigenvalue weighted by Crippen LogP contribution is -2.11. The molecule has 1 aromatic carbocycles. The monoisotopic (exact) mass is 251 g/mol. The molecule has 3 N–H and O–H groups in total. The molecular weight excluding hydrogens is 234 g/mol. The van der Waals surface area contributed by atoms with Crippen molar-refractivity contribution in [3.05, 3.63) is 33.9 Å². The lowest BCUT2D eigenvalue weighted by Gasteiger charge is -2.06. The molecule has 0 aliphatic heterocycles. The predicted octanol–water partition coefficient (Wildman–Crippen LogP) is 1.97. The van der Waals surface area contributed by atoms with Gasteiger partial charge in [-0.2, -0.15) is 0 Å². The maximum absolute atomic E-state index is 10.7. The molecule has 0 bridgehead atoms. The van der Waals surface area contributed by atoms with E-state index >= 15 is 0 Å². The summed E-state index contributed by atoms with van der Waals surface area (Å²) >= 11 is 0. The molecular formula is C12H17N3O3. The van der Waals surface area contributed by atoms with Gasteiger partial charge in [0.2, 0.25) is 5.91 Å². The molecule has 1 rings (SSSR count). The molecule has 0 aliphatic carbocycles. The number of nitrogens with two attached hydrogens (primary N) is 1. The van der Waals surface area contributed by atoms with Crippen LogP contribution in [0.4, 0.5) is 11.4 Å². The van der Waals surface area contributed by atoms with Gasteiger partial charge in [0.15, 0.2) is 0 Å². The predicted molar refractivity (Wildman–Crippen MR) is 69.4 cm³/mol. The van der Waals surface area contributed by atoms with Gasteiger partial charge in [-0.1, -0.05) is 0 Å². The van der Waals surface area contributed by atoms with Crippen molar-refractivity contribution in [3.63, 3.8) is 0 Å². The van der Waals surface area contributed by atoms with Gasteiger partial charge < -0.3 is 11.1 Å². The number of hydrogen-bond donors (Lipinski definition) is 2. The summed E-state index contributed by atoms with van der Waals surface area (Å²) < 4.78 is 0. The number of amides is 1. The summed E-state index contributed by atoms with van der Waals surface area (Å²) in [4.78, 5) is 20.8. The molecule has 1 amide bonds. The number of anilines is 1. The molecule has 6 nitrogen and oxygen atoms in total. The molecule has 98 valence electrons. The molecule has 6 heteroatoms. The fourth-order valence-electron chi connectivity index (χ4n) is 1.63. The average Bonchev–Trinajstić information content (AvgIpc) is 2.27. The van der Waals surface area contributed by atoms with Gasteiger partial charge in [0.25, 0.3) is 5.69 Å². The first-order chi connectivity index (χ1) is 8.49. The maximum atomic E-state index is 10.7. The van der Waals surface area contributed by atoms with Crippen LogP contribution in [0, 0.1) is 17.0 Å². The molecule has 0 radical (unpaired) electrons. The van der Waals surface area contributed by atoms with Gasteiger partial charge >= 0.3 is 0 Å². The topological polar surface area (TPSA) is 98.3 Å². The van der Waals surface area contributed by atoms with E-state index in [1.165, 1.54) is 12.1 Å². The Labute approximate surface area is 105 Å². The lowest BCUT2D eigenvalue weighted by molar-refractivity contribution is -0.384. The van der Waals surface area contributed by atoms with Crippen molar-refractivity contribution < 1.29 is 9.72 Å². The summed E-state index contributed by atoms with van der Waals surface area (Å²) in [6.45, 7) is 2.47. The lowest BCUT2D eigenvalue weighted by atomic mass is 10.2. The summed E-state index contributed by atoms with van der Waals surface area (Å²) in [5, 5.41) is 13.8. The van der Waals surface area contributed by atoms with Crippen molar-refractivity contribution in [2.24, 2.45) is 5.73 Å². The first kappa shape index (κ1) is 14.0. The number of nitrogens with one attached hydrogen (secondary N) is 1. The van der Waals surface area contributed by atoms with Gasteiger partial charge in [-0.15, -0.1) is 0 Å². The van der Waals surface area contributed by atoms with Gasteiger partial charge in [-0.25, -0.2) is 0 Å². The van der Waals surface area contributed by atoms with Crippen LogP contribution >= 0.6 is 0 Å². The Morgan fingerprint density at radius 2 is 2.11 bits per heavy atom. The molecule has 0 saturated heterocycles. The third-order valence-corrected chi connectivity index (χ3v) is 2.45. The van der Waals surface area contributed by atoms with Crippen molar-refractivity contribution in [2.75, 3.05) is 11.9 Å². The summed E-state index contributed by atoms with van der Waals surface area (Å²) in [5.74, 6) is -0.304. The van der Waals surface area contributed by atoms with Crippen molar-refractivity contribution >= 4 is 17.3 Å². The van der Waals surface area contributed by atoms with E-state index < -0.39 is 4.92 Å². The molecule has 0 aromatic heterocycles. The smallest absolute Gasteiger partial charge is 0.271 e. The highest BCUT2D eigenvalue weighted by molar-refractivity contribution is 5.73. The summed E-state index contributed by atoms with van der Waals surface area (Å²) in [5.41, 5.74) is 6.66. The number of nitro benzene ring substituents is 1. The Morgan fingerprint density at radius 3 is 2.72 bits per heavy atom.